The Hall–Kier alpha value is -2.58. The highest BCUT2D eigenvalue weighted by Gasteiger charge is 2.25. The quantitative estimate of drug-likeness (QED) is 0.920. The van der Waals surface area contributed by atoms with Gasteiger partial charge in [-0.05, 0) is 62.3 Å². The van der Waals surface area contributed by atoms with Crippen molar-refractivity contribution in [1.82, 2.24) is 14.8 Å². The van der Waals surface area contributed by atoms with Gasteiger partial charge in [0.1, 0.15) is 0 Å². The number of likely N-dealkylation sites (tertiary alicyclic amines) is 1. The number of amides is 1. The molecule has 1 aromatic heterocycles. The first-order valence-electron chi connectivity index (χ1n) is 8.32. The van der Waals surface area contributed by atoms with Crippen LogP contribution in [-0.4, -0.2) is 35.0 Å². The highest BCUT2D eigenvalue weighted by molar-refractivity contribution is 5.94. The summed E-state index contributed by atoms with van der Waals surface area (Å²) in [6, 6.07) is 13.2. The van der Waals surface area contributed by atoms with Crippen LogP contribution in [0.1, 0.15) is 40.5 Å². The third-order valence-electron chi connectivity index (χ3n) is 4.64. The smallest absolute Gasteiger partial charge is 0.251 e. The number of hydrogen-bond donors (Lipinski definition) is 1. The molecule has 124 valence electrons. The van der Waals surface area contributed by atoms with Crippen LogP contribution in [0.3, 0.4) is 0 Å². The van der Waals surface area contributed by atoms with Gasteiger partial charge in [0.05, 0.1) is 17.7 Å². The summed E-state index contributed by atoms with van der Waals surface area (Å²) in [6.45, 7) is 2.72. The molecule has 1 aromatic carbocycles. The molecular weight excluding hydrogens is 300 g/mol. The van der Waals surface area contributed by atoms with Crippen molar-refractivity contribution in [3.8, 4) is 6.07 Å². The van der Waals surface area contributed by atoms with Crippen molar-refractivity contribution >= 4 is 5.91 Å². The Morgan fingerprint density at radius 2 is 1.96 bits per heavy atom. The maximum absolute atomic E-state index is 12.4. The number of aryl methyl sites for hydroxylation is 1. The fourth-order valence-electron chi connectivity index (χ4n) is 3.28. The minimum Gasteiger partial charge on any atom is -0.353 e. The molecule has 1 amide bonds. The molecule has 3 rings (SSSR count). The molecule has 1 unspecified atom stereocenters. The van der Waals surface area contributed by atoms with E-state index in [1.165, 1.54) is 18.5 Å². The maximum atomic E-state index is 12.4. The van der Waals surface area contributed by atoms with Gasteiger partial charge in [0.25, 0.3) is 5.91 Å². The van der Waals surface area contributed by atoms with Crippen LogP contribution in [0.5, 0.6) is 0 Å². The molecule has 1 fully saturated rings. The van der Waals surface area contributed by atoms with Gasteiger partial charge in [0, 0.05) is 31.0 Å². The average molecular weight is 322 g/mol. The van der Waals surface area contributed by atoms with Gasteiger partial charge in [-0.1, -0.05) is 0 Å². The second-order valence-electron chi connectivity index (χ2n) is 6.20. The first-order valence-corrected chi connectivity index (χ1v) is 8.32. The predicted molar refractivity (Wildman–Crippen MR) is 92.5 cm³/mol. The second-order valence-corrected chi connectivity index (χ2v) is 6.20. The summed E-state index contributed by atoms with van der Waals surface area (Å²) in [5, 5.41) is 11.9. The fraction of sp³-hybridized carbons (Fsp3) is 0.368. The lowest BCUT2D eigenvalue weighted by Gasteiger charge is -2.28. The Labute approximate surface area is 142 Å². The Morgan fingerprint density at radius 3 is 2.54 bits per heavy atom. The molecule has 0 saturated carbocycles. The summed E-state index contributed by atoms with van der Waals surface area (Å²) in [4.78, 5) is 14.8. The van der Waals surface area contributed by atoms with Crippen molar-refractivity contribution in [2.75, 3.05) is 19.6 Å². The summed E-state index contributed by atoms with van der Waals surface area (Å²) >= 11 is 0. The molecule has 1 N–H and O–H groups in total. The van der Waals surface area contributed by atoms with Crippen molar-refractivity contribution in [2.45, 2.75) is 18.9 Å². The van der Waals surface area contributed by atoms with Crippen molar-refractivity contribution in [3.63, 3.8) is 0 Å². The van der Waals surface area contributed by atoms with Crippen LogP contribution in [0.2, 0.25) is 0 Å². The molecule has 1 atom stereocenters. The van der Waals surface area contributed by atoms with Crippen molar-refractivity contribution in [1.29, 1.82) is 5.26 Å². The number of nitrogens with one attached hydrogen (secondary N) is 1. The van der Waals surface area contributed by atoms with E-state index < -0.39 is 0 Å². The van der Waals surface area contributed by atoms with Gasteiger partial charge in [-0.15, -0.1) is 0 Å². The lowest BCUT2D eigenvalue weighted by atomic mass is 10.1. The molecule has 5 heteroatoms. The summed E-state index contributed by atoms with van der Waals surface area (Å²) in [7, 11) is 2.04. The largest absolute Gasteiger partial charge is 0.353 e. The zero-order valence-corrected chi connectivity index (χ0v) is 13.9. The highest BCUT2D eigenvalue weighted by Crippen LogP contribution is 2.24. The summed E-state index contributed by atoms with van der Waals surface area (Å²) in [5.41, 5.74) is 2.36. The molecule has 0 bridgehead atoms. The number of carbonyl (C=O) groups excluding carboxylic acids is 1. The topological polar surface area (TPSA) is 61.1 Å². The molecular formula is C19H22N4O. The molecule has 2 heterocycles. The predicted octanol–water partition coefficient (Wildman–Crippen LogP) is 2.46. The van der Waals surface area contributed by atoms with E-state index in [9.17, 15) is 4.79 Å². The number of benzene rings is 1. The van der Waals surface area contributed by atoms with E-state index in [0.29, 0.717) is 17.7 Å². The van der Waals surface area contributed by atoms with Crippen LogP contribution in [0.15, 0.2) is 42.6 Å². The zero-order chi connectivity index (χ0) is 16.9. The molecule has 1 saturated heterocycles. The van der Waals surface area contributed by atoms with Gasteiger partial charge in [-0.3, -0.25) is 9.69 Å². The molecule has 1 aliphatic heterocycles. The number of rotatable bonds is 5. The van der Waals surface area contributed by atoms with Gasteiger partial charge < -0.3 is 9.88 Å². The molecule has 2 aromatic rings. The lowest BCUT2D eigenvalue weighted by Crippen LogP contribution is -2.37. The van der Waals surface area contributed by atoms with E-state index in [1.54, 1.807) is 24.3 Å². The van der Waals surface area contributed by atoms with Gasteiger partial charge in [0.2, 0.25) is 0 Å². The van der Waals surface area contributed by atoms with E-state index in [-0.39, 0.29) is 11.9 Å². The first-order chi connectivity index (χ1) is 11.7. The van der Waals surface area contributed by atoms with E-state index in [2.05, 4.69) is 26.9 Å². The third kappa shape index (κ3) is 3.50. The summed E-state index contributed by atoms with van der Waals surface area (Å²) < 4.78 is 2.12. The molecule has 5 nitrogen and oxygen atoms in total. The third-order valence-corrected chi connectivity index (χ3v) is 4.64. The summed E-state index contributed by atoms with van der Waals surface area (Å²) in [6.07, 6.45) is 4.47. The van der Waals surface area contributed by atoms with Crippen LogP contribution < -0.4 is 5.32 Å². The van der Waals surface area contributed by atoms with Crippen molar-refractivity contribution < 1.29 is 4.79 Å². The Kier molecular flexibility index (Phi) is 4.97. The fourth-order valence-corrected chi connectivity index (χ4v) is 3.28. The Balaban J connectivity index is 1.70. The van der Waals surface area contributed by atoms with Crippen molar-refractivity contribution in [2.24, 2.45) is 7.05 Å². The van der Waals surface area contributed by atoms with Crippen LogP contribution in [0, 0.1) is 11.3 Å². The minimum absolute atomic E-state index is 0.0992. The number of nitriles is 1. The number of aromatic nitrogens is 1. The molecule has 0 spiro atoms. The maximum Gasteiger partial charge on any atom is 0.251 e. The number of hydrogen-bond acceptors (Lipinski definition) is 3. The normalized spacial score (nSPS) is 15.8. The number of nitrogens with zero attached hydrogens (tertiary/aromatic N) is 3. The monoisotopic (exact) mass is 322 g/mol. The standard InChI is InChI=1S/C19H22N4O/c1-22-10-4-5-17(22)18(23-11-2-3-12-23)14-21-19(24)16-8-6-15(13-20)7-9-16/h4-10,18H,2-3,11-12,14H2,1H3,(H,21,24). The zero-order valence-electron chi connectivity index (χ0n) is 13.9. The highest BCUT2D eigenvalue weighted by atomic mass is 16.1. The molecule has 0 aliphatic carbocycles. The van der Waals surface area contributed by atoms with E-state index in [4.69, 9.17) is 5.26 Å². The van der Waals surface area contributed by atoms with Gasteiger partial charge in [-0.2, -0.15) is 5.26 Å². The SMILES string of the molecule is Cn1cccc1C(CNC(=O)c1ccc(C#N)cc1)N1CCCC1. The van der Waals surface area contributed by atoms with Crippen LogP contribution in [0.25, 0.3) is 0 Å². The van der Waals surface area contributed by atoms with Gasteiger partial charge in [-0.25, -0.2) is 0 Å². The van der Waals surface area contributed by atoms with Crippen LogP contribution >= 0.6 is 0 Å². The van der Waals surface area contributed by atoms with E-state index >= 15 is 0 Å². The summed E-state index contributed by atoms with van der Waals surface area (Å²) in [5.74, 6) is -0.0992. The van der Waals surface area contributed by atoms with E-state index in [0.717, 1.165) is 13.1 Å². The van der Waals surface area contributed by atoms with Crippen LogP contribution in [-0.2, 0) is 7.05 Å². The average Bonchev–Trinajstić information content (AvgIpc) is 3.28. The number of carbonyl (C=O) groups is 1. The van der Waals surface area contributed by atoms with Crippen molar-refractivity contribution in [3.05, 3.63) is 59.4 Å². The first kappa shape index (κ1) is 16.3. The Bertz CT molecular complexity index is 735. The second kappa shape index (κ2) is 7.33. The lowest BCUT2D eigenvalue weighted by molar-refractivity contribution is 0.0936. The molecule has 0 radical (unpaired) electrons. The van der Waals surface area contributed by atoms with Gasteiger partial charge in [0.15, 0.2) is 0 Å². The minimum atomic E-state index is -0.0992. The Morgan fingerprint density at radius 1 is 1.25 bits per heavy atom. The van der Waals surface area contributed by atoms with Crippen LogP contribution in [0.4, 0.5) is 0 Å². The molecule has 24 heavy (non-hydrogen) atoms. The van der Waals surface area contributed by atoms with Gasteiger partial charge >= 0.3 is 0 Å². The van der Waals surface area contributed by atoms with E-state index in [1.807, 2.05) is 19.3 Å². The molecule has 1 aliphatic rings.